The van der Waals surface area contributed by atoms with E-state index >= 15 is 0 Å². The number of carbonyl (C=O) groups excluding carboxylic acids is 1. The Balaban J connectivity index is 1.68. The van der Waals surface area contributed by atoms with E-state index in [1.54, 1.807) is 22.7 Å². The summed E-state index contributed by atoms with van der Waals surface area (Å²) in [5, 5.41) is 9.49. The van der Waals surface area contributed by atoms with Gasteiger partial charge in [-0.1, -0.05) is 19.9 Å². The van der Waals surface area contributed by atoms with Crippen LogP contribution in [0.15, 0.2) is 52.7 Å². The van der Waals surface area contributed by atoms with E-state index < -0.39 is 0 Å². The molecule has 0 aromatic carbocycles. The Morgan fingerprint density at radius 2 is 2.04 bits per heavy atom. The number of likely N-dealkylation sites (N-methyl/N-ethyl adjacent to an activating group) is 1. The summed E-state index contributed by atoms with van der Waals surface area (Å²) >= 11 is 3.41. The van der Waals surface area contributed by atoms with Crippen LogP contribution >= 0.6 is 22.7 Å². The summed E-state index contributed by atoms with van der Waals surface area (Å²) in [5.74, 6) is -0.0149. The maximum atomic E-state index is 12.8. The maximum Gasteiger partial charge on any atom is 0.267 e. The molecule has 0 saturated carbocycles. The van der Waals surface area contributed by atoms with Crippen molar-refractivity contribution in [3.8, 4) is 0 Å². The molecule has 0 spiro atoms. The van der Waals surface area contributed by atoms with Crippen molar-refractivity contribution < 1.29 is 4.79 Å². The zero-order chi connectivity index (χ0) is 18.4. The molecule has 1 amide bonds. The third kappa shape index (κ3) is 4.44. The van der Waals surface area contributed by atoms with E-state index in [1.807, 2.05) is 29.0 Å². The molecule has 1 unspecified atom stereocenters. The van der Waals surface area contributed by atoms with Crippen LogP contribution in [-0.4, -0.2) is 35.0 Å². The zero-order valence-electron chi connectivity index (χ0n) is 15.2. The Bertz CT molecular complexity index is 789. The highest BCUT2D eigenvalue weighted by Gasteiger charge is 2.20. The average molecular weight is 388 g/mol. The molecule has 138 valence electrons. The van der Waals surface area contributed by atoms with Crippen LogP contribution in [0.1, 0.15) is 40.8 Å². The normalized spacial score (nSPS) is 12.4. The van der Waals surface area contributed by atoms with E-state index in [1.165, 1.54) is 10.4 Å². The van der Waals surface area contributed by atoms with Gasteiger partial charge in [0.15, 0.2) is 0 Å². The average Bonchev–Trinajstić information content (AvgIpc) is 3.40. The summed E-state index contributed by atoms with van der Waals surface area (Å²) in [6, 6.07) is 10.3. The molecule has 0 aliphatic carbocycles. The van der Waals surface area contributed by atoms with Crippen molar-refractivity contribution in [1.82, 2.24) is 14.8 Å². The first kappa shape index (κ1) is 18.9. The number of nitrogens with one attached hydrogen (secondary N) is 1. The zero-order valence-corrected chi connectivity index (χ0v) is 16.9. The fourth-order valence-electron chi connectivity index (χ4n) is 3.20. The van der Waals surface area contributed by atoms with Gasteiger partial charge in [0.05, 0.1) is 12.6 Å². The molecule has 0 aliphatic heterocycles. The summed E-state index contributed by atoms with van der Waals surface area (Å²) < 4.78 is 2.01. The SMILES string of the molecule is CCN(CC)C(CNC(=O)c1cccn1Cc1cccs1)c1ccsc1. The molecule has 3 heterocycles. The van der Waals surface area contributed by atoms with Gasteiger partial charge < -0.3 is 9.88 Å². The smallest absolute Gasteiger partial charge is 0.267 e. The Morgan fingerprint density at radius 1 is 1.19 bits per heavy atom. The molecular formula is C20H25N3OS2. The third-order valence-electron chi connectivity index (χ3n) is 4.61. The van der Waals surface area contributed by atoms with Crippen molar-refractivity contribution in [2.24, 2.45) is 0 Å². The molecule has 6 heteroatoms. The van der Waals surface area contributed by atoms with E-state index in [0.29, 0.717) is 12.2 Å². The minimum atomic E-state index is -0.0149. The van der Waals surface area contributed by atoms with Gasteiger partial charge in [-0.25, -0.2) is 0 Å². The van der Waals surface area contributed by atoms with E-state index in [0.717, 1.165) is 19.6 Å². The summed E-state index contributed by atoms with van der Waals surface area (Å²) in [5.41, 5.74) is 1.98. The van der Waals surface area contributed by atoms with Crippen LogP contribution in [-0.2, 0) is 6.54 Å². The quantitative estimate of drug-likeness (QED) is 0.588. The molecule has 26 heavy (non-hydrogen) atoms. The van der Waals surface area contributed by atoms with Crippen LogP contribution in [0.5, 0.6) is 0 Å². The van der Waals surface area contributed by atoms with Crippen LogP contribution < -0.4 is 5.32 Å². The first-order chi connectivity index (χ1) is 12.7. The second-order valence-corrected chi connectivity index (χ2v) is 7.92. The second kappa shape index (κ2) is 9.16. The van der Waals surface area contributed by atoms with Gasteiger partial charge in [0.1, 0.15) is 5.69 Å². The van der Waals surface area contributed by atoms with Crippen LogP contribution in [0.3, 0.4) is 0 Å². The van der Waals surface area contributed by atoms with Gasteiger partial charge in [-0.05, 0) is 59.1 Å². The van der Waals surface area contributed by atoms with Crippen molar-refractivity contribution in [3.05, 3.63) is 68.8 Å². The molecule has 3 rings (SSSR count). The van der Waals surface area contributed by atoms with Gasteiger partial charge in [0, 0.05) is 17.6 Å². The first-order valence-corrected chi connectivity index (χ1v) is 10.8. The van der Waals surface area contributed by atoms with Gasteiger partial charge in [-0.3, -0.25) is 9.69 Å². The fraction of sp³-hybridized carbons (Fsp3) is 0.350. The Labute approximate surface area is 163 Å². The van der Waals surface area contributed by atoms with Crippen LogP contribution in [0.2, 0.25) is 0 Å². The molecule has 4 nitrogen and oxygen atoms in total. The van der Waals surface area contributed by atoms with Gasteiger partial charge in [0.2, 0.25) is 0 Å². The predicted octanol–water partition coefficient (Wildman–Crippen LogP) is 4.47. The van der Waals surface area contributed by atoms with Crippen molar-refractivity contribution in [1.29, 1.82) is 0 Å². The van der Waals surface area contributed by atoms with Crippen molar-refractivity contribution >= 4 is 28.6 Å². The summed E-state index contributed by atoms with van der Waals surface area (Å²) in [6.07, 6.45) is 1.97. The van der Waals surface area contributed by atoms with E-state index in [4.69, 9.17) is 0 Å². The maximum absolute atomic E-state index is 12.8. The monoisotopic (exact) mass is 387 g/mol. The molecule has 0 aliphatic rings. The van der Waals surface area contributed by atoms with Gasteiger partial charge in [0.25, 0.3) is 5.91 Å². The highest BCUT2D eigenvalue weighted by atomic mass is 32.1. The Morgan fingerprint density at radius 3 is 2.69 bits per heavy atom. The molecular weight excluding hydrogens is 362 g/mol. The molecule has 3 aromatic heterocycles. The lowest BCUT2D eigenvalue weighted by molar-refractivity contribution is 0.0926. The van der Waals surface area contributed by atoms with E-state index in [9.17, 15) is 4.79 Å². The first-order valence-electron chi connectivity index (χ1n) is 8.94. The molecule has 0 radical (unpaired) electrons. The lowest BCUT2D eigenvalue weighted by Crippen LogP contribution is -2.38. The Kier molecular flexibility index (Phi) is 6.66. The van der Waals surface area contributed by atoms with Crippen molar-refractivity contribution in [3.63, 3.8) is 0 Å². The van der Waals surface area contributed by atoms with Crippen molar-refractivity contribution in [2.45, 2.75) is 26.4 Å². The molecule has 1 N–H and O–H groups in total. The molecule has 3 aromatic rings. The highest BCUT2D eigenvalue weighted by Crippen LogP contribution is 2.22. The Hall–Kier alpha value is -1.89. The standard InChI is InChI=1S/C20H25N3OS2/c1-3-22(4-2)19(16-9-12-25-15-16)13-21-20(24)18-8-5-10-23(18)14-17-7-6-11-26-17/h5-12,15,19H,3-4,13-14H2,1-2H3,(H,21,24). The molecule has 1 atom stereocenters. The van der Waals surface area contributed by atoms with Gasteiger partial charge >= 0.3 is 0 Å². The fourth-order valence-corrected chi connectivity index (χ4v) is 4.60. The summed E-state index contributed by atoms with van der Waals surface area (Å²) in [7, 11) is 0. The van der Waals surface area contributed by atoms with Gasteiger partial charge in [-0.15, -0.1) is 11.3 Å². The largest absolute Gasteiger partial charge is 0.349 e. The number of thiophene rings is 2. The number of hydrogen-bond donors (Lipinski definition) is 1. The summed E-state index contributed by atoms with van der Waals surface area (Å²) in [4.78, 5) is 16.4. The highest BCUT2D eigenvalue weighted by molar-refractivity contribution is 7.09. The number of hydrogen-bond acceptors (Lipinski definition) is 4. The number of nitrogens with zero attached hydrogens (tertiary/aromatic N) is 2. The number of carbonyl (C=O) groups is 1. The number of rotatable bonds is 9. The van der Waals surface area contributed by atoms with Crippen LogP contribution in [0, 0.1) is 0 Å². The lowest BCUT2D eigenvalue weighted by Gasteiger charge is -2.29. The predicted molar refractivity (Wildman–Crippen MR) is 110 cm³/mol. The molecule has 0 saturated heterocycles. The van der Waals surface area contributed by atoms with E-state index in [-0.39, 0.29) is 11.9 Å². The number of aromatic nitrogens is 1. The summed E-state index contributed by atoms with van der Waals surface area (Å²) in [6.45, 7) is 7.59. The van der Waals surface area contributed by atoms with Crippen LogP contribution in [0.4, 0.5) is 0 Å². The van der Waals surface area contributed by atoms with Crippen LogP contribution in [0.25, 0.3) is 0 Å². The lowest BCUT2D eigenvalue weighted by atomic mass is 10.1. The molecule has 0 bridgehead atoms. The third-order valence-corrected chi connectivity index (χ3v) is 6.17. The topological polar surface area (TPSA) is 37.3 Å². The van der Waals surface area contributed by atoms with Gasteiger partial charge in [-0.2, -0.15) is 11.3 Å². The number of amides is 1. The van der Waals surface area contributed by atoms with Crippen molar-refractivity contribution in [2.75, 3.05) is 19.6 Å². The second-order valence-electron chi connectivity index (χ2n) is 6.10. The minimum Gasteiger partial charge on any atom is -0.349 e. The minimum absolute atomic E-state index is 0.0149. The molecule has 0 fully saturated rings. The van der Waals surface area contributed by atoms with E-state index in [2.05, 4.69) is 52.3 Å².